The Morgan fingerprint density at radius 3 is 0.955 bits per heavy atom. The van der Waals surface area contributed by atoms with Crippen molar-refractivity contribution in [2.45, 2.75) is 72.9 Å². The van der Waals surface area contributed by atoms with Crippen molar-refractivity contribution in [3.63, 3.8) is 0 Å². The molecule has 0 bridgehead atoms. The Labute approximate surface area is 688 Å². The summed E-state index contributed by atoms with van der Waals surface area (Å²) in [6.07, 6.45) is -16.5. The van der Waals surface area contributed by atoms with Gasteiger partial charge in [0.1, 0.15) is 37.0 Å². The van der Waals surface area contributed by atoms with Crippen molar-refractivity contribution in [3.05, 3.63) is 6.61 Å². The van der Waals surface area contributed by atoms with Gasteiger partial charge in [-0.05, 0) is 19.1 Å². The van der Waals surface area contributed by atoms with E-state index in [-0.39, 0.29) is 405 Å². The Kier molecular flexibility index (Phi) is 114. The summed E-state index contributed by atoms with van der Waals surface area (Å²) in [5.74, 6) is -20.8. The molecule has 336 valence electrons. The van der Waals surface area contributed by atoms with Gasteiger partial charge in [0.2, 0.25) is 0 Å². The van der Waals surface area contributed by atoms with E-state index in [1.807, 2.05) is 13.6 Å². The van der Waals surface area contributed by atoms with Crippen LogP contribution in [0.2, 0.25) is 0 Å². The van der Waals surface area contributed by atoms with Gasteiger partial charge in [-0.3, -0.25) is 5.26 Å². The molecule has 0 radical (unpaired) electrons. The van der Waals surface area contributed by atoms with E-state index in [4.69, 9.17) is 50.6 Å². The summed E-state index contributed by atoms with van der Waals surface area (Å²) >= 11 is 0. The number of hydrogen-bond donors (Lipinski definition) is 8. The van der Waals surface area contributed by atoms with Crippen molar-refractivity contribution in [1.29, 1.82) is 0 Å². The van der Waals surface area contributed by atoms with E-state index in [1.165, 1.54) is 0 Å². The van der Waals surface area contributed by atoms with Gasteiger partial charge in [0.25, 0.3) is 0 Å². The second-order valence-electron chi connectivity index (χ2n) is 9.18. The predicted octanol–water partition coefficient (Wildman–Crippen LogP) is -39.2. The molecule has 33 nitrogen and oxygen atoms in total. The molecule has 0 aromatic rings. The average Bonchev–Trinajstić information content (AvgIpc) is 3.07. The molecule has 9 N–H and O–H groups in total. The van der Waals surface area contributed by atoms with Crippen molar-refractivity contribution >= 4 is 198 Å². The second-order valence-corrected chi connectivity index (χ2v) is 9.18. The first kappa shape index (κ1) is 117. The van der Waals surface area contributed by atoms with E-state index >= 15 is 0 Å². The van der Waals surface area contributed by atoms with Crippen LogP contribution < -0.4 is 318 Å². The first-order valence-electron chi connectivity index (χ1n) is 12.8. The molecule has 0 aliphatic carbocycles. The summed E-state index contributed by atoms with van der Waals surface area (Å²) in [6, 6.07) is 0. The molecule has 0 saturated carbocycles. The van der Waals surface area contributed by atoms with E-state index < -0.39 is 127 Å². The molecule has 42 heteroatoms. The van der Waals surface area contributed by atoms with Gasteiger partial charge >= 0.3 is 393 Å². The van der Waals surface area contributed by atoms with Gasteiger partial charge in [-0.15, -0.1) is 0 Å². The molecule has 0 fully saturated rings. The zero-order valence-electron chi connectivity index (χ0n) is 35.5. The minimum absolute atomic E-state index is 0. The van der Waals surface area contributed by atoms with Gasteiger partial charge < -0.3 is 160 Å². The van der Waals surface area contributed by atoms with Gasteiger partial charge in [-0.25, -0.2) is 0 Å². The second kappa shape index (κ2) is 64.8. The molecule has 0 spiro atoms. The molecular formula is C24H28Ca3K5MgO33-. The molecular weight excluding hydrogens is 1160 g/mol. The number of carboxylic acid groups (broad SMARTS) is 8. The molecule has 0 aliphatic heterocycles. The summed E-state index contributed by atoms with van der Waals surface area (Å²) < 4.78 is 0. The fraction of sp³-hybridized carbons (Fsp3) is 0.542. The largest absolute Gasteiger partial charge is 2.00 e. The van der Waals surface area contributed by atoms with Gasteiger partial charge in [0, 0.05) is 43.1 Å². The number of carbonyl (C=O) groups excluding carboxylic acids is 10. The number of carbonyl (C=O) groups is 10. The first-order chi connectivity index (χ1) is 25.3. The zero-order valence-corrected chi connectivity index (χ0v) is 59.1. The van der Waals surface area contributed by atoms with E-state index in [0.29, 0.717) is 0 Å². The minimum atomic E-state index is -3.46. The summed E-state index contributed by atoms with van der Waals surface area (Å²) in [5, 5.41) is 189. The smallest absolute Gasteiger partial charge is 0.870 e. The summed E-state index contributed by atoms with van der Waals surface area (Å²) in [5.41, 5.74) is -9.98. The fourth-order valence-electron chi connectivity index (χ4n) is 2.42. The van der Waals surface area contributed by atoms with Crippen molar-refractivity contribution < 1.29 is 423 Å². The molecule has 0 aliphatic rings. The average molecular weight is 1180 g/mol. The Hall–Kier alpha value is 7.23. The quantitative estimate of drug-likeness (QED) is 0.0184. The predicted molar refractivity (Wildman–Crippen MR) is 153 cm³/mol. The molecule has 0 aromatic carbocycles. The number of carboxylic acids is 8. The van der Waals surface area contributed by atoms with Crippen molar-refractivity contribution in [2.24, 2.45) is 0 Å². The van der Waals surface area contributed by atoms with Crippen LogP contribution in [0.15, 0.2) is 0 Å². The molecule has 0 aromatic heterocycles. The van der Waals surface area contributed by atoms with Gasteiger partial charge in [0.05, 0.1) is 36.0 Å². The van der Waals surface area contributed by atoms with Crippen LogP contribution in [0, 0.1) is 6.61 Å². The maximum absolute atomic E-state index is 11.2. The standard InChI is InChI=1S/3C6H8O8.C4H8O6.2CH2O.3Ca.5K.Mg.H2O/c7-3(8)1-6(12,2-14-13)4(9)5(10)11;2*7-2(8)1-6(14,5(12)13)3(9)4(10)11;5-3(6)4(7,8)1-2-10-9;2*1-2;;;;;;;;;;/h2,4,9,13H,1H2,(H,7,8)(H,10,11);2*3,9,14H,1H2,(H,7,8)(H,10,11)(H,12,13);3,5,7,9H,1-2H2;2*1H2;;;;;;;;;;1H2/q-2;;;-2;;;3*+2;5*+1;+2;/p-10. The van der Waals surface area contributed by atoms with Crippen molar-refractivity contribution in [1.82, 2.24) is 0 Å². The Morgan fingerprint density at radius 2 is 0.803 bits per heavy atom. The first-order valence-corrected chi connectivity index (χ1v) is 12.8. The Bertz CT molecular complexity index is 1240. The normalized spacial score (nSPS) is 13.9. The van der Waals surface area contributed by atoms with Crippen LogP contribution in [0.5, 0.6) is 0 Å². The maximum atomic E-state index is 11.2. The van der Waals surface area contributed by atoms with Gasteiger partial charge in [-0.1, -0.05) is 0 Å². The Morgan fingerprint density at radius 1 is 0.561 bits per heavy atom. The molecule has 0 saturated heterocycles. The molecule has 0 heterocycles. The molecule has 66 heavy (non-hydrogen) atoms. The zero-order chi connectivity index (χ0) is 46.6. The molecule has 8 unspecified atom stereocenters. The van der Waals surface area contributed by atoms with Gasteiger partial charge in [-0.2, -0.15) is 12.2 Å². The summed E-state index contributed by atoms with van der Waals surface area (Å²) in [4.78, 5) is 103. The van der Waals surface area contributed by atoms with Crippen molar-refractivity contribution in [3.8, 4) is 0 Å². The number of hydrogen-bond acceptors (Lipinski definition) is 33. The molecule has 0 rings (SSSR count). The number of aliphatic hydroxyl groups is 7. The number of rotatable bonds is 20. The SMILES string of the molecule is C=O.C=O.O=C([O-])CC(O)(C(=O)[O-])C(O)C(=O)[O-].O=C([O-])CC(O)(C(=O)[O-])C(O)C(=O)[O-].O=C([O-])CC([O-])([CH-]OO)C(O)C(=O)[O-].[Ca+2].[Ca+2].[Ca+2].[K+].[K+].[K+].[K+].[K+].[Mg+2].[O-]OCCC([O-])(O)C([O-])O.[OH-]. The van der Waals surface area contributed by atoms with Crippen LogP contribution in [-0.2, 0) is 57.7 Å². The summed E-state index contributed by atoms with van der Waals surface area (Å²) in [7, 11) is 0. The fourth-order valence-corrected chi connectivity index (χ4v) is 2.42. The molecule has 0 amide bonds. The van der Waals surface area contributed by atoms with E-state index in [1.54, 1.807) is 0 Å². The van der Waals surface area contributed by atoms with Crippen molar-refractivity contribution in [2.75, 3.05) is 6.61 Å². The number of aliphatic carboxylic acids is 8. The van der Waals surface area contributed by atoms with Crippen LogP contribution in [0.25, 0.3) is 0 Å². The maximum Gasteiger partial charge on any atom is 2.00 e. The number of aliphatic hydroxyl groups excluding tert-OH is 4. The monoisotopic (exact) mass is 1180 g/mol. The molecule has 8 atom stereocenters. The van der Waals surface area contributed by atoms with Crippen LogP contribution in [-0.4, -0.2) is 298 Å². The van der Waals surface area contributed by atoms with Crippen LogP contribution >= 0.6 is 0 Å². The van der Waals surface area contributed by atoms with Gasteiger partial charge in [0.15, 0.2) is 0 Å². The third-order valence-corrected chi connectivity index (χ3v) is 5.17. The Balaban J connectivity index is -0.0000000336. The third kappa shape index (κ3) is 56.0. The van der Waals surface area contributed by atoms with E-state index in [9.17, 15) is 99.8 Å². The van der Waals surface area contributed by atoms with E-state index in [2.05, 4.69) is 9.78 Å². The summed E-state index contributed by atoms with van der Waals surface area (Å²) in [6.45, 7) is 3.34. The van der Waals surface area contributed by atoms with Crippen LogP contribution in [0.1, 0.15) is 25.7 Å². The topological polar surface area (TPSA) is 658 Å². The van der Waals surface area contributed by atoms with Crippen LogP contribution in [0.3, 0.4) is 0 Å². The van der Waals surface area contributed by atoms with E-state index in [0.717, 1.165) is 0 Å². The van der Waals surface area contributed by atoms with Crippen LogP contribution in [0.4, 0.5) is 0 Å². The third-order valence-electron chi connectivity index (χ3n) is 5.17. The minimum Gasteiger partial charge on any atom is -0.870 e.